The number of hydrogen-bond acceptors (Lipinski definition) is 4. The maximum absolute atomic E-state index is 12.2. The largest absolute Gasteiger partial charge is 0.444 e. The first-order valence-electron chi connectivity index (χ1n) is 7.93. The fraction of sp³-hybridized carbons (Fsp3) is 0.875. The van der Waals surface area contributed by atoms with Crippen molar-refractivity contribution in [3.63, 3.8) is 0 Å². The van der Waals surface area contributed by atoms with E-state index in [9.17, 15) is 9.59 Å². The zero-order valence-corrected chi connectivity index (χ0v) is 14.7. The lowest BCUT2D eigenvalue weighted by molar-refractivity contribution is -0.123. The second kappa shape index (κ2) is 9.66. The van der Waals surface area contributed by atoms with E-state index in [0.717, 1.165) is 0 Å². The first-order valence-corrected chi connectivity index (χ1v) is 7.93. The molecular formula is C16H32N2O4. The third-order valence-corrected chi connectivity index (χ3v) is 2.96. The van der Waals surface area contributed by atoms with E-state index < -0.39 is 17.7 Å². The van der Waals surface area contributed by atoms with Crippen molar-refractivity contribution in [2.75, 3.05) is 13.2 Å². The van der Waals surface area contributed by atoms with E-state index >= 15 is 0 Å². The fourth-order valence-electron chi connectivity index (χ4n) is 1.81. The lowest BCUT2D eigenvalue weighted by Gasteiger charge is -2.24. The molecule has 0 aliphatic rings. The lowest BCUT2D eigenvalue weighted by Crippen LogP contribution is -2.49. The topological polar surface area (TPSA) is 87.7 Å². The number of ether oxygens (including phenoxy) is 1. The van der Waals surface area contributed by atoms with Gasteiger partial charge in [0.05, 0.1) is 0 Å². The number of aliphatic hydroxyl groups is 1. The van der Waals surface area contributed by atoms with Crippen molar-refractivity contribution in [3.05, 3.63) is 0 Å². The van der Waals surface area contributed by atoms with E-state index in [2.05, 4.69) is 10.6 Å². The third kappa shape index (κ3) is 10.4. The summed E-state index contributed by atoms with van der Waals surface area (Å²) in [5, 5.41) is 14.4. The quantitative estimate of drug-likeness (QED) is 0.639. The minimum Gasteiger partial charge on any atom is -0.444 e. The van der Waals surface area contributed by atoms with E-state index in [1.54, 1.807) is 20.8 Å². The summed E-state index contributed by atoms with van der Waals surface area (Å²) in [5.41, 5.74) is -0.598. The van der Waals surface area contributed by atoms with Gasteiger partial charge in [0.15, 0.2) is 0 Å². The Balaban J connectivity index is 4.49. The van der Waals surface area contributed by atoms with Crippen LogP contribution in [0.2, 0.25) is 0 Å². The van der Waals surface area contributed by atoms with Crippen LogP contribution in [-0.2, 0) is 9.53 Å². The van der Waals surface area contributed by atoms with Gasteiger partial charge in [-0.2, -0.15) is 0 Å². The summed E-state index contributed by atoms with van der Waals surface area (Å²) in [6.07, 6.45) is 0.654. The summed E-state index contributed by atoms with van der Waals surface area (Å²) in [7, 11) is 0. The summed E-state index contributed by atoms with van der Waals surface area (Å²) in [5.74, 6) is 0.189. The van der Waals surface area contributed by atoms with Gasteiger partial charge in [-0.1, -0.05) is 20.8 Å². The average molecular weight is 316 g/mol. The molecule has 2 amide bonds. The van der Waals surface area contributed by atoms with Gasteiger partial charge in [-0.3, -0.25) is 4.79 Å². The Morgan fingerprint density at radius 1 is 1.18 bits per heavy atom. The maximum atomic E-state index is 12.2. The van der Waals surface area contributed by atoms with Gasteiger partial charge in [-0.15, -0.1) is 0 Å². The molecule has 2 atom stereocenters. The second-order valence-corrected chi connectivity index (χ2v) is 7.20. The maximum Gasteiger partial charge on any atom is 0.408 e. The molecule has 0 spiro atoms. The minimum absolute atomic E-state index is 0.0987. The number of amides is 2. The highest BCUT2D eigenvalue weighted by molar-refractivity contribution is 5.85. The normalized spacial score (nSPS) is 14.4. The molecule has 130 valence electrons. The van der Waals surface area contributed by atoms with Crippen LogP contribution in [0.1, 0.15) is 54.4 Å². The lowest BCUT2D eigenvalue weighted by atomic mass is 10.0. The van der Waals surface area contributed by atoms with E-state index in [4.69, 9.17) is 9.84 Å². The van der Waals surface area contributed by atoms with Gasteiger partial charge in [-0.05, 0) is 45.4 Å². The molecule has 0 bridgehead atoms. The van der Waals surface area contributed by atoms with E-state index in [-0.39, 0.29) is 24.3 Å². The van der Waals surface area contributed by atoms with Crippen molar-refractivity contribution < 1.29 is 19.4 Å². The van der Waals surface area contributed by atoms with Gasteiger partial charge in [0.25, 0.3) is 0 Å². The molecular weight excluding hydrogens is 284 g/mol. The monoisotopic (exact) mass is 316 g/mol. The van der Waals surface area contributed by atoms with Crippen LogP contribution < -0.4 is 10.6 Å². The van der Waals surface area contributed by atoms with Crippen molar-refractivity contribution in [1.29, 1.82) is 0 Å². The Morgan fingerprint density at radius 3 is 2.23 bits per heavy atom. The van der Waals surface area contributed by atoms with Gasteiger partial charge in [-0.25, -0.2) is 4.79 Å². The van der Waals surface area contributed by atoms with Crippen LogP contribution in [0.5, 0.6) is 0 Å². The molecule has 0 saturated carbocycles. The summed E-state index contributed by atoms with van der Waals surface area (Å²) < 4.78 is 5.20. The highest BCUT2D eigenvalue weighted by atomic mass is 16.6. The van der Waals surface area contributed by atoms with Gasteiger partial charge in [0.2, 0.25) is 5.91 Å². The number of hydrogen-bond donors (Lipinski definition) is 3. The Morgan fingerprint density at radius 2 is 1.77 bits per heavy atom. The number of alkyl carbamates (subject to hydrolysis) is 1. The standard InChI is InChI=1S/C16H32N2O4/c1-11(2)9-13(18-15(21)22-16(4,5)6)14(20)17-8-7-12(3)10-19/h11-13,19H,7-10H2,1-6H3,(H,17,20)(H,18,21)/t12?,13-/m0/s1. The fourth-order valence-corrected chi connectivity index (χ4v) is 1.81. The minimum atomic E-state index is -0.612. The molecule has 1 unspecified atom stereocenters. The molecule has 0 aromatic heterocycles. The molecule has 0 aromatic rings. The van der Waals surface area contributed by atoms with Crippen LogP contribution in [0.4, 0.5) is 4.79 Å². The van der Waals surface area contributed by atoms with Crippen LogP contribution in [0.25, 0.3) is 0 Å². The van der Waals surface area contributed by atoms with E-state index in [0.29, 0.717) is 19.4 Å². The van der Waals surface area contributed by atoms with Crippen LogP contribution in [0.3, 0.4) is 0 Å². The number of rotatable bonds is 8. The summed E-state index contributed by atoms with van der Waals surface area (Å²) in [6.45, 7) is 11.8. The van der Waals surface area contributed by atoms with Crippen LogP contribution in [-0.4, -0.2) is 41.9 Å². The Hall–Kier alpha value is -1.30. The zero-order valence-electron chi connectivity index (χ0n) is 14.7. The van der Waals surface area contributed by atoms with Crippen LogP contribution >= 0.6 is 0 Å². The summed E-state index contributed by atoms with van der Waals surface area (Å²) in [6, 6.07) is -0.612. The number of nitrogens with one attached hydrogen (secondary N) is 2. The van der Waals surface area contributed by atoms with Crippen LogP contribution in [0.15, 0.2) is 0 Å². The van der Waals surface area contributed by atoms with E-state index in [1.807, 2.05) is 20.8 Å². The molecule has 0 aliphatic carbocycles. The third-order valence-electron chi connectivity index (χ3n) is 2.96. The van der Waals surface area contributed by atoms with Crippen LogP contribution in [0, 0.1) is 11.8 Å². The molecule has 0 aliphatic heterocycles. The van der Waals surface area contributed by atoms with Crippen molar-refractivity contribution in [3.8, 4) is 0 Å². The highest BCUT2D eigenvalue weighted by Gasteiger charge is 2.24. The number of carbonyl (C=O) groups is 2. The molecule has 0 rings (SSSR count). The molecule has 6 heteroatoms. The van der Waals surface area contributed by atoms with E-state index in [1.165, 1.54) is 0 Å². The predicted octanol–water partition coefficient (Wildman–Crippen LogP) is 2.06. The van der Waals surface area contributed by atoms with Crippen molar-refractivity contribution in [1.82, 2.24) is 10.6 Å². The number of aliphatic hydroxyl groups excluding tert-OH is 1. The average Bonchev–Trinajstić information content (AvgIpc) is 2.34. The van der Waals surface area contributed by atoms with Crippen molar-refractivity contribution in [2.45, 2.75) is 66.0 Å². The van der Waals surface area contributed by atoms with Gasteiger partial charge in [0.1, 0.15) is 11.6 Å². The van der Waals surface area contributed by atoms with Crippen molar-refractivity contribution >= 4 is 12.0 Å². The molecule has 0 aromatic carbocycles. The summed E-state index contributed by atoms with van der Waals surface area (Å²) in [4.78, 5) is 24.0. The first kappa shape index (κ1) is 20.7. The molecule has 6 nitrogen and oxygen atoms in total. The molecule has 0 saturated heterocycles. The Kier molecular flexibility index (Phi) is 9.09. The molecule has 0 heterocycles. The molecule has 3 N–H and O–H groups in total. The first-order chi connectivity index (χ1) is 10.0. The molecule has 0 fully saturated rings. The van der Waals surface area contributed by atoms with Gasteiger partial charge < -0.3 is 20.5 Å². The highest BCUT2D eigenvalue weighted by Crippen LogP contribution is 2.09. The van der Waals surface area contributed by atoms with Crippen molar-refractivity contribution in [2.24, 2.45) is 11.8 Å². The summed E-state index contributed by atoms with van der Waals surface area (Å²) >= 11 is 0. The Bertz CT molecular complexity index is 351. The SMILES string of the molecule is CC(C)C[C@H](NC(=O)OC(C)(C)C)C(=O)NCCC(C)CO. The van der Waals surface area contributed by atoms with Gasteiger partial charge >= 0.3 is 6.09 Å². The van der Waals surface area contributed by atoms with Gasteiger partial charge in [0, 0.05) is 13.2 Å². The smallest absolute Gasteiger partial charge is 0.408 e. The zero-order chi connectivity index (χ0) is 17.3. The Labute approximate surface area is 134 Å². The molecule has 0 radical (unpaired) electrons. The number of carbonyl (C=O) groups excluding carboxylic acids is 2. The predicted molar refractivity (Wildman–Crippen MR) is 86.5 cm³/mol. The second-order valence-electron chi connectivity index (χ2n) is 7.20. The molecule has 22 heavy (non-hydrogen) atoms.